The molecule has 0 saturated carbocycles. The molecule has 1 fully saturated rings. The molecule has 1 saturated heterocycles. The molecule has 0 atom stereocenters. The van der Waals surface area contributed by atoms with Gasteiger partial charge in [0.1, 0.15) is 13.2 Å². The average molecular weight is 332 g/mol. The van der Waals surface area contributed by atoms with Gasteiger partial charge in [0, 0.05) is 0 Å². The highest BCUT2D eigenvalue weighted by Crippen LogP contribution is 2.28. The van der Waals surface area contributed by atoms with Gasteiger partial charge in [0.05, 0.1) is 17.8 Å². The molecule has 9 heteroatoms. The lowest BCUT2D eigenvalue weighted by molar-refractivity contribution is -0.149. The Morgan fingerprint density at radius 3 is 2.62 bits per heavy atom. The number of fused-ring (bicyclic) bond motifs is 1. The Hall–Kier alpha value is -3.23. The van der Waals surface area contributed by atoms with Crippen LogP contribution in [0, 0.1) is 0 Å². The first-order valence-corrected chi connectivity index (χ1v) is 7.07. The van der Waals surface area contributed by atoms with Crippen molar-refractivity contribution in [3.8, 4) is 0 Å². The van der Waals surface area contributed by atoms with Crippen molar-refractivity contribution in [2.75, 3.05) is 31.2 Å². The Balaban J connectivity index is 1.59. The number of rotatable bonds is 4. The highest BCUT2D eigenvalue weighted by Gasteiger charge is 2.37. The fourth-order valence-corrected chi connectivity index (χ4v) is 2.42. The van der Waals surface area contributed by atoms with Gasteiger partial charge in [0.25, 0.3) is 17.6 Å². The van der Waals surface area contributed by atoms with E-state index in [1.165, 1.54) is 12.1 Å². The Kier molecular flexibility index (Phi) is 3.98. The van der Waals surface area contributed by atoms with E-state index in [0.717, 1.165) is 9.80 Å². The summed E-state index contributed by atoms with van der Waals surface area (Å²) in [6.07, 6.45) is -0.787. The molecule has 2 aliphatic heterocycles. The van der Waals surface area contributed by atoms with Crippen LogP contribution in [0.4, 0.5) is 10.5 Å². The number of hydrogen-bond acceptors (Lipinski definition) is 7. The molecule has 124 valence electrons. The number of para-hydroxylation sites is 1. The van der Waals surface area contributed by atoms with Crippen LogP contribution in [0.5, 0.6) is 0 Å². The van der Waals surface area contributed by atoms with Crippen molar-refractivity contribution in [3.05, 3.63) is 29.8 Å². The number of imide groups is 1. The van der Waals surface area contributed by atoms with Gasteiger partial charge in [-0.1, -0.05) is 12.1 Å². The maximum Gasteiger partial charge on any atom is 0.416 e. The predicted octanol–water partition coefficient (Wildman–Crippen LogP) is -0.262. The third-order valence-corrected chi connectivity index (χ3v) is 3.58. The Bertz CT molecular complexity index is 758. The molecule has 24 heavy (non-hydrogen) atoms. The van der Waals surface area contributed by atoms with Crippen LogP contribution in [0.15, 0.2) is 24.3 Å². The SMILES string of the molecule is O=C(CN1C(=O)C(=O)c2ccccc21)OCC(=O)N1CCOC1=O. The van der Waals surface area contributed by atoms with E-state index < -0.39 is 42.8 Å². The van der Waals surface area contributed by atoms with Gasteiger partial charge in [-0.15, -0.1) is 0 Å². The second kappa shape index (κ2) is 6.11. The van der Waals surface area contributed by atoms with E-state index in [0.29, 0.717) is 5.69 Å². The number of carbonyl (C=O) groups is 5. The Morgan fingerprint density at radius 1 is 1.17 bits per heavy atom. The van der Waals surface area contributed by atoms with E-state index in [9.17, 15) is 24.0 Å². The highest BCUT2D eigenvalue weighted by atomic mass is 16.6. The first-order chi connectivity index (χ1) is 11.5. The molecule has 1 aromatic carbocycles. The minimum absolute atomic E-state index is 0.0969. The maximum atomic E-state index is 11.9. The van der Waals surface area contributed by atoms with Gasteiger partial charge in [0.2, 0.25) is 0 Å². The zero-order chi connectivity index (χ0) is 17.3. The number of nitrogens with zero attached hydrogens (tertiary/aromatic N) is 2. The molecular weight excluding hydrogens is 320 g/mol. The Morgan fingerprint density at radius 2 is 1.92 bits per heavy atom. The third kappa shape index (κ3) is 2.71. The summed E-state index contributed by atoms with van der Waals surface area (Å²) in [5.41, 5.74) is 0.532. The standard InChI is InChI=1S/C15H12N2O7/c18-11(16-5-6-23-15(16)22)8-24-12(19)7-17-10-4-2-1-3-9(10)13(20)14(17)21/h1-4H,5-8H2. The molecule has 0 spiro atoms. The smallest absolute Gasteiger partial charge is 0.416 e. The maximum absolute atomic E-state index is 11.9. The largest absolute Gasteiger partial charge is 0.454 e. The summed E-state index contributed by atoms with van der Waals surface area (Å²) in [7, 11) is 0. The number of Topliss-reactive ketones (excluding diaryl/α,β-unsaturated/α-hetero) is 1. The van der Waals surface area contributed by atoms with E-state index in [2.05, 4.69) is 4.74 Å². The first kappa shape index (κ1) is 15.7. The van der Waals surface area contributed by atoms with Crippen molar-refractivity contribution >= 4 is 35.3 Å². The van der Waals surface area contributed by atoms with Gasteiger partial charge in [-0.05, 0) is 12.1 Å². The summed E-state index contributed by atoms with van der Waals surface area (Å²) in [6, 6.07) is 6.27. The van der Waals surface area contributed by atoms with Crippen LogP contribution >= 0.6 is 0 Å². The second-order valence-corrected chi connectivity index (χ2v) is 5.06. The van der Waals surface area contributed by atoms with Crippen molar-refractivity contribution in [1.29, 1.82) is 0 Å². The molecule has 9 nitrogen and oxygen atoms in total. The molecule has 0 aromatic heterocycles. The molecular formula is C15H12N2O7. The number of benzene rings is 1. The fourth-order valence-electron chi connectivity index (χ4n) is 2.42. The van der Waals surface area contributed by atoms with Crippen LogP contribution in [-0.2, 0) is 23.9 Å². The van der Waals surface area contributed by atoms with Crippen molar-refractivity contribution < 1.29 is 33.4 Å². The lowest BCUT2D eigenvalue weighted by Gasteiger charge is -2.16. The van der Waals surface area contributed by atoms with Gasteiger partial charge >= 0.3 is 12.1 Å². The van der Waals surface area contributed by atoms with Crippen LogP contribution in [0.2, 0.25) is 0 Å². The summed E-state index contributed by atoms with van der Waals surface area (Å²) < 4.78 is 9.38. The molecule has 3 rings (SSSR count). The fraction of sp³-hybridized carbons (Fsp3) is 0.267. The monoisotopic (exact) mass is 332 g/mol. The van der Waals surface area contributed by atoms with Crippen molar-refractivity contribution in [2.45, 2.75) is 0 Å². The van der Waals surface area contributed by atoms with Gasteiger partial charge in [0.15, 0.2) is 6.61 Å². The van der Waals surface area contributed by atoms with E-state index in [1.54, 1.807) is 12.1 Å². The van der Waals surface area contributed by atoms with E-state index in [1.807, 2.05) is 0 Å². The number of ether oxygens (including phenoxy) is 2. The van der Waals surface area contributed by atoms with Crippen molar-refractivity contribution in [3.63, 3.8) is 0 Å². The van der Waals surface area contributed by atoms with Crippen molar-refractivity contribution in [1.82, 2.24) is 4.90 Å². The third-order valence-electron chi connectivity index (χ3n) is 3.58. The van der Waals surface area contributed by atoms with E-state index in [4.69, 9.17) is 4.74 Å². The van der Waals surface area contributed by atoms with Crippen molar-refractivity contribution in [2.24, 2.45) is 0 Å². The Labute approximate surface area is 135 Å². The molecule has 3 amide bonds. The summed E-state index contributed by atoms with van der Waals surface area (Å²) in [4.78, 5) is 60.3. The zero-order valence-electron chi connectivity index (χ0n) is 12.4. The summed E-state index contributed by atoms with van der Waals surface area (Å²) >= 11 is 0. The average Bonchev–Trinajstić information content (AvgIpc) is 3.11. The molecule has 0 N–H and O–H groups in total. The number of carbonyl (C=O) groups excluding carboxylic acids is 5. The summed E-state index contributed by atoms with van der Waals surface area (Å²) in [5, 5.41) is 0. The van der Waals surface area contributed by atoms with Crippen LogP contribution in [0.1, 0.15) is 10.4 Å². The minimum atomic E-state index is -0.867. The zero-order valence-corrected chi connectivity index (χ0v) is 12.4. The van der Waals surface area contributed by atoms with Crippen LogP contribution in [-0.4, -0.2) is 60.9 Å². The van der Waals surface area contributed by atoms with E-state index >= 15 is 0 Å². The molecule has 0 unspecified atom stereocenters. The lowest BCUT2D eigenvalue weighted by atomic mass is 10.1. The van der Waals surface area contributed by atoms with Gasteiger partial charge in [-0.3, -0.25) is 24.1 Å². The van der Waals surface area contributed by atoms with Crippen LogP contribution in [0.3, 0.4) is 0 Å². The molecule has 2 aliphatic rings. The topological polar surface area (TPSA) is 110 Å². The first-order valence-electron chi connectivity index (χ1n) is 7.07. The molecule has 0 aliphatic carbocycles. The lowest BCUT2D eigenvalue weighted by Crippen LogP contribution is -2.38. The number of anilines is 1. The number of cyclic esters (lactones) is 1. The number of amides is 3. The summed E-state index contributed by atoms with van der Waals surface area (Å²) in [6.45, 7) is -0.952. The van der Waals surface area contributed by atoms with Gasteiger partial charge < -0.3 is 9.47 Å². The number of esters is 1. The molecule has 0 radical (unpaired) electrons. The quantitative estimate of drug-likeness (QED) is 0.551. The number of ketones is 1. The molecule has 2 heterocycles. The minimum Gasteiger partial charge on any atom is -0.454 e. The normalized spacial score (nSPS) is 16.2. The highest BCUT2D eigenvalue weighted by molar-refractivity contribution is 6.52. The summed E-state index contributed by atoms with van der Waals surface area (Å²) in [5.74, 6) is -3.11. The van der Waals surface area contributed by atoms with Crippen LogP contribution in [0.25, 0.3) is 0 Å². The van der Waals surface area contributed by atoms with Gasteiger partial charge in [-0.2, -0.15) is 0 Å². The second-order valence-electron chi connectivity index (χ2n) is 5.06. The predicted molar refractivity (Wildman–Crippen MR) is 77.1 cm³/mol. The molecule has 1 aromatic rings. The van der Waals surface area contributed by atoms with Gasteiger partial charge in [-0.25, -0.2) is 9.69 Å². The van der Waals surface area contributed by atoms with E-state index in [-0.39, 0.29) is 18.7 Å². The van der Waals surface area contributed by atoms with Crippen LogP contribution < -0.4 is 4.90 Å². The number of hydrogen-bond donors (Lipinski definition) is 0. The molecule has 0 bridgehead atoms.